The van der Waals surface area contributed by atoms with Crippen molar-refractivity contribution >= 4 is 5.91 Å². The van der Waals surface area contributed by atoms with Crippen molar-refractivity contribution in [3.8, 4) is 11.5 Å². The molecule has 0 bridgehead atoms. The third-order valence-electron chi connectivity index (χ3n) is 4.21. The Hall–Kier alpha value is -1.71. The van der Waals surface area contributed by atoms with E-state index in [2.05, 4.69) is 24.4 Å². The van der Waals surface area contributed by atoms with Gasteiger partial charge >= 0.3 is 0 Å². The molecule has 1 heterocycles. The lowest BCUT2D eigenvalue weighted by Gasteiger charge is -2.29. The van der Waals surface area contributed by atoms with Crippen molar-refractivity contribution < 1.29 is 14.3 Å². The summed E-state index contributed by atoms with van der Waals surface area (Å²) in [5.41, 5.74) is 2.49. The Morgan fingerprint density at radius 1 is 1.29 bits per heavy atom. The second-order valence-electron chi connectivity index (χ2n) is 5.81. The first-order valence-electron chi connectivity index (χ1n) is 7.99. The maximum absolute atomic E-state index is 12.0. The van der Waals surface area contributed by atoms with Crippen molar-refractivity contribution in [3.63, 3.8) is 0 Å². The third kappa shape index (κ3) is 3.14. The van der Waals surface area contributed by atoms with Crippen molar-refractivity contribution in [2.45, 2.75) is 51.5 Å². The second kappa shape index (κ2) is 6.37. The number of hydrogen-bond donors (Lipinski definition) is 1. The SMILES string of the molecule is CCCCC(=O)NC1CCCc2cc3c(cc21)OCCO3. The monoisotopic (exact) mass is 289 g/mol. The zero-order valence-electron chi connectivity index (χ0n) is 12.6. The van der Waals surface area contributed by atoms with Crippen molar-refractivity contribution in [2.24, 2.45) is 0 Å². The van der Waals surface area contributed by atoms with Gasteiger partial charge in [0.1, 0.15) is 13.2 Å². The Morgan fingerprint density at radius 2 is 2.05 bits per heavy atom. The average Bonchev–Trinajstić information content (AvgIpc) is 2.51. The van der Waals surface area contributed by atoms with Gasteiger partial charge in [-0.2, -0.15) is 0 Å². The largest absolute Gasteiger partial charge is 0.486 e. The summed E-state index contributed by atoms with van der Waals surface area (Å²) in [6.07, 6.45) is 5.77. The Kier molecular flexibility index (Phi) is 4.32. The van der Waals surface area contributed by atoms with E-state index < -0.39 is 0 Å². The van der Waals surface area contributed by atoms with Crippen LogP contribution in [0.3, 0.4) is 0 Å². The molecule has 1 amide bonds. The summed E-state index contributed by atoms with van der Waals surface area (Å²) < 4.78 is 11.3. The molecule has 0 saturated heterocycles. The minimum absolute atomic E-state index is 0.119. The lowest BCUT2D eigenvalue weighted by molar-refractivity contribution is -0.122. The van der Waals surface area contributed by atoms with E-state index in [4.69, 9.17) is 9.47 Å². The highest BCUT2D eigenvalue weighted by atomic mass is 16.6. The molecule has 4 heteroatoms. The van der Waals surface area contributed by atoms with E-state index in [1.54, 1.807) is 0 Å². The minimum atomic E-state index is 0.119. The number of fused-ring (bicyclic) bond motifs is 2. The molecule has 0 aromatic heterocycles. The first-order valence-corrected chi connectivity index (χ1v) is 7.99. The molecule has 1 aromatic rings. The lowest BCUT2D eigenvalue weighted by Crippen LogP contribution is -2.31. The van der Waals surface area contributed by atoms with Gasteiger partial charge in [0.25, 0.3) is 0 Å². The number of aryl methyl sites for hydroxylation is 1. The molecule has 0 radical (unpaired) electrons. The highest BCUT2D eigenvalue weighted by Gasteiger charge is 2.25. The van der Waals surface area contributed by atoms with Crippen LogP contribution in [0, 0.1) is 0 Å². The van der Waals surface area contributed by atoms with Crippen molar-refractivity contribution in [2.75, 3.05) is 13.2 Å². The topological polar surface area (TPSA) is 47.6 Å². The van der Waals surface area contributed by atoms with Crippen LogP contribution in [0.1, 0.15) is 56.2 Å². The number of ether oxygens (including phenoxy) is 2. The fraction of sp³-hybridized carbons (Fsp3) is 0.588. The number of nitrogens with one attached hydrogen (secondary N) is 1. The molecule has 2 aliphatic rings. The van der Waals surface area contributed by atoms with Crippen molar-refractivity contribution in [1.29, 1.82) is 0 Å². The second-order valence-corrected chi connectivity index (χ2v) is 5.81. The molecule has 3 rings (SSSR count). The van der Waals surface area contributed by atoms with E-state index in [9.17, 15) is 4.79 Å². The summed E-state index contributed by atoms with van der Waals surface area (Å²) >= 11 is 0. The molecule has 0 spiro atoms. The summed E-state index contributed by atoms with van der Waals surface area (Å²) in [5.74, 6) is 1.82. The van der Waals surface area contributed by atoms with E-state index in [-0.39, 0.29) is 11.9 Å². The summed E-state index contributed by atoms with van der Waals surface area (Å²) in [6.45, 7) is 3.31. The van der Waals surface area contributed by atoms with Crippen LogP contribution in [0.25, 0.3) is 0 Å². The first kappa shape index (κ1) is 14.2. The van der Waals surface area contributed by atoms with Crippen LogP contribution in [0.15, 0.2) is 12.1 Å². The van der Waals surface area contributed by atoms with Gasteiger partial charge in [-0.1, -0.05) is 13.3 Å². The number of rotatable bonds is 4. The van der Waals surface area contributed by atoms with Crippen LogP contribution in [0.4, 0.5) is 0 Å². The predicted molar refractivity (Wildman–Crippen MR) is 80.8 cm³/mol. The smallest absolute Gasteiger partial charge is 0.220 e. The summed E-state index contributed by atoms with van der Waals surface area (Å²) in [5, 5.41) is 3.18. The van der Waals surface area contributed by atoms with Crippen LogP contribution in [-0.2, 0) is 11.2 Å². The molecule has 0 saturated carbocycles. The van der Waals surface area contributed by atoms with Gasteiger partial charge in [0.05, 0.1) is 6.04 Å². The van der Waals surface area contributed by atoms with Gasteiger partial charge in [0.2, 0.25) is 5.91 Å². The normalized spacial score (nSPS) is 19.8. The fourth-order valence-electron chi connectivity index (χ4n) is 3.09. The highest BCUT2D eigenvalue weighted by molar-refractivity contribution is 5.76. The molecule has 1 aliphatic carbocycles. The van der Waals surface area contributed by atoms with Crippen molar-refractivity contribution in [3.05, 3.63) is 23.3 Å². The van der Waals surface area contributed by atoms with Crippen molar-refractivity contribution in [1.82, 2.24) is 5.32 Å². The molecule has 1 aliphatic heterocycles. The predicted octanol–water partition coefficient (Wildman–Crippen LogP) is 3.14. The maximum atomic E-state index is 12.0. The van der Waals surface area contributed by atoms with Gasteiger partial charge < -0.3 is 14.8 Å². The summed E-state index contributed by atoms with van der Waals surface area (Å²) in [7, 11) is 0. The first-order chi connectivity index (χ1) is 10.3. The highest BCUT2D eigenvalue weighted by Crippen LogP contribution is 2.39. The van der Waals surface area contributed by atoms with Gasteiger partial charge in [0.15, 0.2) is 11.5 Å². The Bertz CT molecular complexity index is 527. The number of amides is 1. The minimum Gasteiger partial charge on any atom is -0.486 e. The Balaban J connectivity index is 1.79. The number of benzene rings is 1. The standard InChI is InChI=1S/C17H23NO3/c1-2-3-7-17(19)18-14-6-4-5-12-10-15-16(11-13(12)14)21-9-8-20-15/h10-11,14H,2-9H2,1H3,(H,18,19). The zero-order valence-corrected chi connectivity index (χ0v) is 12.6. The van der Waals surface area contributed by atoms with Crippen LogP contribution in [0.5, 0.6) is 11.5 Å². The Morgan fingerprint density at radius 3 is 2.81 bits per heavy atom. The number of unbranched alkanes of at least 4 members (excludes halogenated alkanes) is 1. The summed E-state index contributed by atoms with van der Waals surface area (Å²) in [4.78, 5) is 12.0. The van der Waals surface area contributed by atoms with Gasteiger partial charge in [-0.3, -0.25) is 4.79 Å². The van der Waals surface area contributed by atoms with Crippen LogP contribution in [0.2, 0.25) is 0 Å². The molecule has 4 nitrogen and oxygen atoms in total. The molecule has 21 heavy (non-hydrogen) atoms. The number of carbonyl (C=O) groups excluding carboxylic acids is 1. The molecule has 1 aromatic carbocycles. The molecular formula is C17H23NO3. The van der Waals surface area contributed by atoms with Gasteiger partial charge in [-0.05, 0) is 48.9 Å². The Labute approximate surface area is 125 Å². The maximum Gasteiger partial charge on any atom is 0.220 e. The molecule has 1 N–H and O–H groups in total. The van der Waals surface area contributed by atoms with E-state index in [0.717, 1.165) is 43.6 Å². The van der Waals surface area contributed by atoms with Gasteiger partial charge in [-0.15, -0.1) is 0 Å². The van der Waals surface area contributed by atoms with Gasteiger partial charge in [0, 0.05) is 6.42 Å². The zero-order chi connectivity index (χ0) is 14.7. The number of hydrogen-bond acceptors (Lipinski definition) is 3. The summed E-state index contributed by atoms with van der Waals surface area (Å²) in [6, 6.07) is 4.27. The van der Waals surface area contributed by atoms with E-state index in [0.29, 0.717) is 19.6 Å². The van der Waals surface area contributed by atoms with E-state index in [1.807, 2.05) is 0 Å². The molecule has 0 fully saturated rings. The van der Waals surface area contributed by atoms with E-state index in [1.165, 1.54) is 11.1 Å². The van der Waals surface area contributed by atoms with Crippen LogP contribution in [-0.4, -0.2) is 19.1 Å². The third-order valence-corrected chi connectivity index (χ3v) is 4.21. The lowest BCUT2D eigenvalue weighted by atomic mass is 9.87. The van der Waals surface area contributed by atoms with Crippen LogP contribution >= 0.6 is 0 Å². The van der Waals surface area contributed by atoms with Gasteiger partial charge in [-0.25, -0.2) is 0 Å². The average molecular weight is 289 g/mol. The van der Waals surface area contributed by atoms with Crippen LogP contribution < -0.4 is 14.8 Å². The fourth-order valence-corrected chi connectivity index (χ4v) is 3.09. The molecular weight excluding hydrogens is 266 g/mol. The molecule has 114 valence electrons. The quantitative estimate of drug-likeness (QED) is 0.926. The molecule has 1 unspecified atom stereocenters. The van der Waals surface area contributed by atoms with E-state index >= 15 is 0 Å². The number of carbonyl (C=O) groups is 1. The molecule has 1 atom stereocenters.